The third-order valence-corrected chi connectivity index (χ3v) is 3.23. The molecule has 1 heterocycles. The van der Waals surface area contributed by atoms with Crippen LogP contribution in [0.25, 0.3) is 11.5 Å². The minimum atomic E-state index is -0.280. The Hall–Kier alpha value is -2.34. The van der Waals surface area contributed by atoms with E-state index in [1.807, 2.05) is 19.1 Å². The summed E-state index contributed by atoms with van der Waals surface area (Å²) in [7, 11) is 1.64. The number of aliphatic hydroxyl groups excluding tert-OH is 1. The Morgan fingerprint density at radius 2 is 2.29 bits per heavy atom. The summed E-state index contributed by atoms with van der Waals surface area (Å²) < 4.78 is 5.35. The van der Waals surface area contributed by atoms with Crippen molar-refractivity contribution >= 4 is 11.7 Å². The number of oxazole rings is 1. The van der Waals surface area contributed by atoms with Gasteiger partial charge in [0.2, 0.25) is 5.89 Å². The zero-order valence-electron chi connectivity index (χ0n) is 12.3. The normalized spacial score (nSPS) is 12.0. The summed E-state index contributed by atoms with van der Waals surface area (Å²) in [6.45, 7) is 3.54. The van der Waals surface area contributed by atoms with E-state index < -0.39 is 0 Å². The van der Waals surface area contributed by atoms with E-state index in [4.69, 9.17) is 9.52 Å². The molecule has 6 nitrogen and oxygen atoms in total. The number of aromatic nitrogens is 1. The van der Waals surface area contributed by atoms with Gasteiger partial charge < -0.3 is 19.7 Å². The number of carbonyl (C=O) groups is 1. The number of carbonyl (C=O) groups excluding carboxylic acids is 1. The van der Waals surface area contributed by atoms with Gasteiger partial charge in [-0.25, -0.2) is 9.78 Å². The van der Waals surface area contributed by atoms with Gasteiger partial charge in [0.1, 0.15) is 6.26 Å². The maximum atomic E-state index is 12.0. The summed E-state index contributed by atoms with van der Waals surface area (Å²) in [4.78, 5) is 17.7. The lowest BCUT2D eigenvalue weighted by Gasteiger charge is -2.23. The second-order valence-corrected chi connectivity index (χ2v) is 4.95. The molecule has 0 spiro atoms. The third-order valence-electron chi connectivity index (χ3n) is 3.23. The average Bonchev–Trinajstić information content (AvgIpc) is 2.92. The first-order chi connectivity index (χ1) is 10.0. The summed E-state index contributed by atoms with van der Waals surface area (Å²) in [5, 5.41) is 11.9. The second kappa shape index (κ2) is 6.41. The zero-order chi connectivity index (χ0) is 15.4. The monoisotopic (exact) mass is 289 g/mol. The van der Waals surface area contributed by atoms with Crippen LogP contribution in [0.5, 0.6) is 0 Å². The zero-order valence-corrected chi connectivity index (χ0v) is 12.3. The van der Waals surface area contributed by atoms with E-state index in [0.29, 0.717) is 11.6 Å². The quantitative estimate of drug-likeness (QED) is 0.906. The molecule has 2 N–H and O–H groups in total. The van der Waals surface area contributed by atoms with Crippen molar-refractivity contribution in [1.82, 2.24) is 9.88 Å². The molecule has 0 saturated heterocycles. The summed E-state index contributed by atoms with van der Waals surface area (Å²) in [6.07, 6.45) is 1.58. The van der Waals surface area contributed by atoms with Crippen molar-refractivity contribution in [1.29, 1.82) is 0 Å². The number of likely N-dealkylation sites (N-methyl/N-ethyl adjacent to an activating group) is 1. The number of benzene rings is 1. The Kier molecular flexibility index (Phi) is 4.59. The number of nitrogens with zero attached hydrogens (tertiary/aromatic N) is 2. The van der Waals surface area contributed by atoms with Crippen molar-refractivity contribution in [3.05, 3.63) is 36.2 Å². The molecule has 0 aliphatic heterocycles. The van der Waals surface area contributed by atoms with Crippen molar-refractivity contribution in [3.63, 3.8) is 0 Å². The van der Waals surface area contributed by atoms with Crippen LogP contribution in [0.2, 0.25) is 0 Å². The average molecular weight is 289 g/mol. The van der Waals surface area contributed by atoms with Crippen LogP contribution < -0.4 is 5.32 Å². The minimum absolute atomic E-state index is 0.0838. The lowest BCUT2D eigenvalue weighted by atomic mass is 10.2. The molecule has 1 aromatic heterocycles. The fraction of sp³-hybridized carbons (Fsp3) is 0.333. The highest BCUT2D eigenvalue weighted by Crippen LogP contribution is 2.22. The predicted molar refractivity (Wildman–Crippen MR) is 80.0 cm³/mol. The largest absolute Gasteiger partial charge is 0.444 e. The van der Waals surface area contributed by atoms with Crippen LogP contribution in [0.4, 0.5) is 10.5 Å². The molecular weight excluding hydrogens is 270 g/mol. The fourth-order valence-electron chi connectivity index (χ4n) is 1.75. The van der Waals surface area contributed by atoms with E-state index >= 15 is 0 Å². The molecule has 21 heavy (non-hydrogen) atoms. The van der Waals surface area contributed by atoms with Crippen LogP contribution in [-0.4, -0.2) is 40.7 Å². The molecule has 0 bridgehead atoms. The molecule has 0 aliphatic rings. The molecule has 6 heteroatoms. The Labute approximate surface area is 123 Å². The van der Waals surface area contributed by atoms with E-state index in [9.17, 15) is 4.79 Å². The van der Waals surface area contributed by atoms with Gasteiger partial charge in [-0.15, -0.1) is 0 Å². The number of rotatable bonds is 4. The number of aliphatic hydroxyl groups is 1. The highest BCUT2D eigenvalue weighted by atomic mass is 16.3. The number of nitrogens with one attached hydrogen (secondary N) is 1. The van der Waals surface area contributed by atoms with Gasteiger partial charge in [-0.1, -0.05) is 6.07 Å². The van der Waals surface area contributed by atoms with E-state index in [2.05, 4.69) is 10.3 Å². The molecule has 2 rings (SSSR count). The predicted octanol–water partition coefficient (Wildman–Crippen LogP) is 2.49. The van der Waals surface area contributed by atoms with Crippen molar-refractivity contribution in [2.75, 3.05) is 19.0 Å². The highest BCUT2D eigenvalue weighted by molar-refractivity contribution is 5.90. The topological polar surface area (TPSA) is 78.6 Å². The Bertz CT molecular complexity index is 624. The molecule has 112 valence electrons. The van der Waals surface area contributed by atoms with Crippen LogP contribution in [0.15, 0.2) is 34.9 Å². The van der Waals surface area contributed by atoms with Gasteiger partial charge in [-0.3, -0.25) is 0 Å². The molecule has 0 aliphatic carbocycles. The molecule has 2 amide bonds. The standard InChI is InChI=1S/C15H19N3O3/c1-10-9-21-14(16-10)12-5-4-6-13(7-12)17-15(20)18(3)11(2)8-19/h4-7,9,11,19H,8H2,1-3H3,(H,17,20). The van der Waals surface area contributed by atoms with Gasteiger partial charge in [0.05, 0.1) is 18.3 Å². The second-order valence-electron chi connectivity index (χ2n) is 4.95. The maximum absolute atomic E-state index is 12.0. The van der Waals surface area contributed by atoms with Crippen molar-refractivity contribution in [2.24, 2.45) is 0 Å². The number of amides is 2. The van der Waals surface area contributed by atoms with Gasteiger partial charge in [-0.05, 0) is 32.0 Å². The van der Waals surface area contributed by atoms with Gasteiger partial charge >= 0.3 is 6.03 Å². The molecule has 1 unspecified atom stereocenters. The smallest absolute Gasteiger partial charge is 0.321 e. The number of anilines is 1. The summed E-state index contributed by atoms with van der Waals surface area (Å²) >= 11 is 0. The summed E-state index contributed by atoms with van der Waals surface area (Å²) in [5.41, 5.74) is 2.24. The lowest BCUT2D eigenvalue weighted by molar-refractivity contribution is 0.166. The first kappa shape index (κ1) is 15.1. The Morgan fingerprint density at radius 3 is 2.90 bits per heavy atom. The Morgan fingerprint density at radius 1 is 1.52 bits per heavy atom. The summed E-state index contributed by atoms with van der Waals surface area (Å²) in [6, 6.07) is 6.73. The fourth-order valence-corrected chi connectivity index (χ4v) is 1.75. The van der Waals surface area contributed by atoms with E-state index in [1.54, 1.807) is 32.4 Å². The lowest BCUT2D eigenvalue weighted by Crippen LogP contribution is -2.40. The van der Waals surface area contributed by atoms with Crippen LogP contribution in [-0.2, 0) is 0 Å². The number of urea groups is 1. The van der Waals surface area contributed by atoms with Crippen LogP contribution in [0, 0.1) is 6.92 Å². The van der Waals surface area contributed by atoms with E-state index in [0.717, 1.165) is 11.3 Å². The van der Waals surface area contributed by atoms with E-state index in [1.165, 1.54) is 4.90 Å². The molecule has 0 saturated carbocycles. The molecule has 1 aromatic carbocycles. The molecule has 2 aromatic rings. The molecular formula is C15H19N3O3. The van der Waals surface area contributed by atoms with Gasteiger partial charge in [-0.2, -0.15) is 0 Å². The molecule has 0 fully saturated rings. The first-order valence-electron chi connectivity index (χ1n) is 6.68. The van der Waals surface area contributed by atoms with Crippen molar-refractivity contribution in [3.8, 4) is 11.5 Å². The minimum Gasteiger partial charge on any atom is -0.444 e. The van der Waals surface area contributed by atoms with Gasteiger partial charge in [0.15, 0.2) is 0 Å². The number of aryl methyl sites for hydroxylation is 1. The maximum Gasteiger partial charge on any atom is 0.321 e. The van der Waals surface area contributed by atoms with Gasteiger partial charge in [0.25, 0.3) is 0 Å². The van der Waals surface area contributed by atoms with Crippen LogP contribution >= 0.6 is 0 Å². The van der Waals surface area contributed by atoms with Crippen LogP contribution in [0.3, 0.4) is 0 Å². The SMILES string of the molecule is Cc1coc(-c2cccc(NC(=O)N(C)C(C)CO)c2)n1. The third kappa shape index (κ3) is 3.61. The highest BCUT2D eigenvalue weighted by Gasteiger charge is 2.15. The summed E-state index contributed by atoms with van der Waals surface area (Å²) in [5.74, 6) is 0.515. The van der Waals surface area contributed by atoms with Gasteiger partial charge in [0, 0.05) is 18.3 Å². The van der Waals surface area contributed by atoms with Crippen LogP contribution in [0.1, 0.15) is 12.6 Å². The number of hydrogen-bond acceptors (Lipinski definition) is 4. The van der Waals surface area contributed by atoms with E-state index in [-0.39, 0.29) is 18.7 Å². The molecule has 0 radical (unpaired) electrons. The van der Waals surface area contributed by atoms with Crippen molar-refractivity contribution < 1.29 is 14.3 Å². The number of hydrogen-bond donors (Lipinski definition) is 2. The Balaban J connectivity index is 2.13. The van der Waals surface area contributed by atoms with Crippen molar-refractivity contribution in [2.45, 2.75) is 19.9 Å². The molecule has 1 atom stereocenters. The first-order valence-corrected chi connectivity index (χ1v) is 6.68.